The zero-order valence-electron chi connectivity index (χ0n) is 5.74. The fourth-order valence-corrected chi connectivity index (χ4v) is 2.70. The molecule has 2 rings (SSSR count). The molecule has 2 heterocycles. The summed E-state index contributed by atoms with van der Waals surface area (Å²) in [6.07, 6.45) is 1.73. The van der Waals surface area contributed by atoms with E-state index in [0.29, 0.717) is 5.75 Å². The molecular formula is C8H6OS2. The van der Waals surface area contributed by atoms with Crippen LogP contribution in [0.5, 0.6) is 0 Å². The predicted octanol–water partition coefficient (Wildman–Crippen LogP) is 2.40. The molecule has 3 heteroatoms. The number of hydrogen-bond acceptors (Lipinski definition) is 3. The molecule has 1 aromatic rings. The summed E-state index contributed by atoms with van der Waals surface area (Å²) < 4.78 is 0. The Labute approximate surface area is 73.1 Å². The quantitative estimate of drug-likeness (QED) is 0.663. The average Bonchev–Trinajstić information content (AvgIpc) is 2.55. The Morgan fingerprint density at radius 3 is 2.91 bits per heavy atom. The van der Waals surface area contributed by atoms with Gasteiger partial charge in [-0.3, -0.25) is 4.79 Å². The predicted molar refractivity (Wildman–Crippen MR) is 49.8 cm³/mol. The van der Waals surface area contributed by atoms with Crippen molar-refractivity contribution in [2.45, 2.75) is 0 Å². The molecule has 0 radical (unpaired) electrons. The zero-order chi connectivity index (χ0) is 7.68. The third-order valence-electron chi connectivity index (χ3n) is 1.43. The van der Waals surface area contributed by atoms with Gasteiger partial charge in [0.1, 0.15) is 0 Å². The van der Waals surface area contributed by atoms with E-state index in [1.807, 2.05) is 17.5 Å². The second kappa shape index (κ2) is 2.83. The van der Waals surface area contributed by atoms with Crippen LogP contribution in [-0.4, -0.2) is 11.5 Å². The number of carbonyl (C=O) groups excluding carboxylic acids is 1. The average molecular weight is 182 g/mol. The maximum absolute atomic E-state index is 10.9. The topological polar surface area (TPSA) is 17.1 Å². The molecule has 11 heavy (non-hydrogen) atoms. The Bertz CT molecular complexity index is 298. The van der Waals surface area contributed by atoms with Crippen LogP contribution in [0.15, 0.2) is 23.6 Å². The van der Waals surface area contributed by atoms with Crippen molar-refractivity contribution in [3.05, 3.63) is 28.5 Å². The molecule has 0 atom stereocenters. The molecule has 0 aromatic carbocycles. The molecule has 0 fully saturated rings. The highest BCUT2D eigenvalue weighted by molar-refractivity contribution is 8.09. The lowest BCUT2D eigenvalue weighted by Crippen LogP contribution is -1.86. The van der Waals surface area contributed by atoms with Crippen LogP contribution in [0.25, 0.3) is 4.91 Å². The number of allylic oxidation sites excluding steroid dienone is 1. The number of thiophene rings is 1. The minimum atomic E-state index is 0.235. The highest BCUT2D eigenvalue weighted by Crippen LogP contribution is 2.34. The first-order valence-electron chi connectivity index (χ1n) is 3.27. The largest absolute Gasteiger partial charge is 0.294 e. The van der Waals surface area contributed by atoms with E-state index in [9.17, 15) is 4.79 Å². The van der Waals surface area contributed by atoms with Gasteiger partial charge in [-0.1, -0.05) is 6.07 Å². The molecule has 1 aliphatic rings. The normalized spacial score (nSPS) is 17.1. The van der Waals surface area contributed by atoms with Crippen molar-refractivity contribution in [2.75, 3.05) is 5.75 Å². The lowest BCUT2D eigenvalue weighted by Gasteiger charge is -1.91. The van der Waals surface area contributed by atoms with Gasteiger partial charge >= 0.3 is 0 Å². The summed E-state index contributed by atoms with van der Waals surface area (Å²) in [7, 11) is 0. The molecule has 1 aromatic heterocycles. The second-order valence-electron chi connectivity index (χ2n) is 2.24. The fraction of sp³-hybridized carbons (Fsp3) is 0.125. The molecule has 0 saturated carbocycles. The Morgan fingerprint density at radius 1 is 1.45 bits per heavy atom. The summed E-state index contributed by atoms with van der Waals surface area (Å²) in [4.78, 5) is 13.2. The minimum absolute atomic E-state index is 0.235. The standard InChI is InChI=1S/C8H6OS2/c9-6-4-8(11-5-6)7-2-1-3-10-7/h1-4H,5H2. The molecule has 1 nitrogen and oxygen atoms in total. The van der Waals surface area contributed by atoms with Crippen LogP contribution in [0.4, 0.5) is 0 Å². The van der Waals surface area contributed by atoms with E-state index in [1.54, 1.807) is 29.2 Å². The van der Waals surface area contributed by atoms with Crippen LogP contribution in [-0.2, 0) is 4.79 Å². The molecule has 1 aliphatic heterocycles. The van der Waals surface area contributed by atoms with Crippen LogP contribution in [0.2, 0.25) is 0 Å². The van der Waals surface area contributed by atoms with Crippen molar-refractivity contribution in [1.82, 2.24) is 0 Å². The molecule has 0 N–H and O–H groups in total. The minimum Gasteiger partial charge on any atom is -0.294 e. The maximum atomic E-state index is 10.9. The molecule has 0 spiro atoms. The van der Waals surface area contributed by atoms with Crippen molar-refractivity contribution in [3.8, 4) is 0 Å². The van der Waals surface area contributed by atoms with Crippen LogP contribution in [0, 0.1) is 0 Å². The highest BCUT2D eigenvalue weighted by atomic mass is 32.2. The van der Waals surface area contributed by atoms with Gasteiger partial charge in [0.05, 0.1) is 5.75 Å². The first-order valence-corrected chi connectivity index (χ1v) is 5.14. The van der Waals surface area contributed by atoms with E-state index in [-0.39, 0.29) is 5.78 Å². The van der Waals surface area contributed by atoms with Gasteiger partial charge in [-0.25, -0.2) is 0 Å². The Kier molecular flexibility index (Phi) is 1.84. The van der Waals surface area contributed by atoms with Crippen LogP contribution in [0.3, 0.4) is 0 Å². The molecule has 0 unspecified atom stereocenters. The molecule has 0 aliphatic carbocycles. The Hall–Kier alpha value is -0.540. The maximum Gasteiger partial charge on any atom is 0.167 e. The highest BCUT2D eigenvalue weighted by Gasteiger charge is 2.14. The van der Waals surface area contributed by atoms with E-state index >= 15 is 0 Å². The van der Waals surface area contributed by atoms with Gasteiger partial charge in [-0.2, -0.15) is 0 Å². The van der Waals surface area contributed by atoms with Crippen LogP contribution in [0.1, 0.15) is 4.88 Å². The number of hydrogen-bond donors (Lipinski definition) is 0. The molecule has 56 valence electrons. The van der Waals surface area contributed by atoms with Crippen LogP contribution >= 0.6 is 23.1 Å². The summed E-state index contributed by atoms with van der Waals surface area (Å²) in [5.41, 5.74) is 0. The zero-order valence-corrected chi connectivity index (χ0v) is 7.37. The van der Waals surface area contributed by atoms with Gasteiger partial charge in [-0.05, 0) is 17.5 Å². The smallest absolute Gasteiger partial charge is 0.167 e. The molecule has 0 bridgehead atoms. The summed E-state index contributed by atoms with van der Waals surface area (Å²) in [5.74, 6) is 0.853. The number of carbonyl (C=O) groups is 1. The molecular weight excluding hydrogens is 176 g/mol. The van der Waals surface area contributed by atoms with Crippen LogP contribution < -0.4 is 0 Å². The van der Waals surface area contributed by atoms with Gasteiger partial charge in [-0.15, -0.1) is 23.1 Å². The van der Waals surface area contributed by atoms with Gasteiger partial charge in [0.15, 0.2) is 5.78 Å². The van der Waals surface area contributed by atoms with Gasteiger partial charge in [0.2, 0.25) is 0 Å². The third-order valence-corrected chi connectivity index (χ3v) is 3.54. The van der Waals surface area contributed by atoms with Crippen molar-refractivity contribution in [1.29, 1.82) is 0 Å². The number of thioether (sulfide) groups is 1. The van der Waals surface area contributed by atoms with Gasteiger partial charge in [0, 0.05) is 9.78 Å². The molecule has 0 saturated heterocycles. The van der Waals surface area contributed by atoms with Crippen molar-refractivity contribution in [2.24, 2.45) is 0 Å². The van der Waals surface area contributed by atoms with E-state index in [1.165, 1.54) is 4.88 Å². The number of rotatable bonds is 1. The summed E-state index contributed by atoms with van der Waals surface area (Å²) in [6.45, 7) is 0. The van der Waals surface area contributed by atoms with E-state index in [0.717, 1.165) is 4.91 Å². The Balaban J connectivity index is 2.31. The lowest BCUT2D eigenvalue weighted by molar-refractivity contribution is -0.112. The summed E-state index contributed by atoms with van der Waals surface area (Å²) in [5, 5.41) is 2.03. The van der Waals surface area contributed by atoms with Gasteiger partial charge < -0.3 is 0 Å². The van der Waals surface area contributed by atoms with E-state index < -0.39 is 0 Å². The van der Waals surface area contributed by atoms with Gasteiger partial charge in [0.25, 0.3) is 0 Å². The SMILES string of the molecule is O=C1C=C(c2cccs2)SC1. The monoisotopic (exact) mass is 182 g/mol. The van der Waals surface area contributed by atoms with Crippen molar-refractivity contribution in [3.63, 3.8) is 0 Å². The first-order chi connectivity index (χ1) is 5.36. The number of ketones is 1. The fourth-order valence-electron chi connectivity index (χ4n) is 0.939. The Morgan fingerprint density at radius 2 is 2.36 bits per heavy atom. The summed E-state index contributed by atoms with van der Waals surface area (Å²) in [6, 6.07) is 4.05. The second-order valence-corrected chi connectivity index (χ2v) is 4.21. The van der Waals surface area contributed by atoms with E-state index in [2.05, 4.69) is 0 Å². The van der Waals surface area contributed by atoms with Crippen molar-refractivity contribution >= 4 is 33.8 Å². The first kappa shape index (κ1) is 7.13. The molecule has 0 amide bonds. The van der Waals surface area contributed by atoms with Crippen molar-refractivity contribution < 1.29 is 4.79 Å². The van der Waals surface area contributed by atoms with E-state index in [4.69, 9.17) is 0 Å². The lowest BCUT2D eigenvalue weighted by atomic mass is 10.3. The third kappa shape index (κ3) is 1.39. The summed E-state index contributed by atoms with van der Waals surface area (Å²) >= 11 is 3.31.